The Labute approximate surface area is 116 Å². The minimum atomic E-state index is -0.124. The van der Waals surface area contributed by atoms with Crippen LogP contribution in [-0.4, -0.2) is 45.5 Å². The van der Waals surface area contributed by atoms with Crippen molar-refractivity contribution in [2.75, 3.05) is 19.6 Å². The highest BCUT2D eigenvalue weighted by atomic mass is 16.3. The van der Waals surface area contributed by atoms with Gasteiger partial charge in [-0.2, -0.15) is 5.10 Å². The number of unbranched alkanes of at least 4 members (excludes halogenated alkanes) is 2. The highest BCUT2D eigenvalue weighted by Crippen LogP contribution is 2.17. The van der Waals surface area contributed by atoms with Gasteiger partial charge in [0.15, 0.2) is 0 Å². The lowest BCUT2D eigenvalue weighted by Gasteiger charge is -2.34. The molecule has 0 aromatic carbocycles. The summed E-state index contributed by atoms with van der Waals surface area (Å²) >= 11 is 0. The second-order valence-electron chi connectivity index (χ2n) is 5.98. The van der Waals surface area contributed by atoms with Gasteiger partial charge in [0.05, 0.1) is 12.3 Å². The Kier molecular flexibility index (Phi) is 5.40. The fraction of sp³-hybridized carbons (Fsp3) is 0.800. The lowest BCUT2D eigenvalue weighted by molar-refractivity contribution is 0.0286. The van der Waals surface area contributed by atoms with E-state index in [1.165, 1.54) is 24.8 Å². The van der Waals surface area contributed by atoms with E-state index in [0.29, 0.717) is 5.92 Å². The predicted octanol–water partition coefficient (Wildman–Crippen LogP) is 2.06. The zero-order chi connectivity index (χ0) is 13.7. The van der Waals surface area contributed by atoms with E-state index in [2.05, 4.69) is 30.0 Å². The Hall–Kier alpha value is -0.870. The molecule has 1 aromatic heterocycles. The van der Waals surface area contributed by atoms with E-state index in [-0.39, 0.29) is 6.10 Å². The standard InChI is InChI=1S/C15H27N3O/c1-13-10-16-18(11-13)8-5-3-4-7-17-9-6-14(2)15(19)12-17/h10-11,14-15,19H,3-9,12H2,1-2H3. The maximum atomic E-state index is 9.85. The Morgan fingerprint density at radius 2 is 2.11 bits per heavy atom. The maximum absolute atomic E-state index is 9.85. The number of piperidine rings is 1. The smallest absolute Gasteiger partial charge is 0.0693 e. The number of aromatic nitrogens is 2. The van der Waals surface area contributed by atoms with Gasteiger partial charge in [-0.05, 0) is 50.8 Å². The first-order valence-corrected chi connectivity index (χ1v) is 7.54. The normalized spacial score (nSPS) is 24.8. The molecule has 0 aliphatic carbocycles. The molecule has 0 spiro atoms. The minimum absolute atomic E-state index is 0.124. The first kappa shape index (κ1) is 14.5. The topological polar surface area (TPSA) is 41.3 Å². The van der Waals surface area contributed by atoms with Gasteiger partial charge in [0, 0.05) is 19.3 Å². The summed E-state index contributed by atoms with van der Waals surface area (Å²) in [5, 5.41) is 14.1. The fourth-order valence-corrected chi connectivity index (χ4v) is 2.69. The summed E-state index contributed by atoms with van der Waals surface area (Å²) in [5.41, 5.74) is 1.23. The predicted molar refractivity (Wildman–Crippen MR) is 77.0 cm³/mol. The van der Waals surface area contributed by atoms with Gasteiger partial charge in [-0.15, -0.1) is 0 Å². The van der Waals surface area contributed by atoms with Gasteiger partial charge in [0.2, 0.25) is 0 Å². The number of hydrogen-bond donors (Lipinski definition) is 1. The van der Waals surface area contributed by atoms with Crippen LogP contribution >= 0.6 is 0 Å². The quantitative estimate of drug-likeness (QED) is 0.801. The number of aliphatic hydroxyl groups excluding tert-OH is 1. The number of aryl methyl sites for hydroxylation is 2. The molecular weight excluding hydrogens is 238 g/mol. The zero-order valence-electron chi connectivity index (χ0n) is 12.3. The molecule has 1 aliphatic heterocycles. The molecule has 2 atom stereocenters. The van der Waals surface area contributed by atoms with Crippen LogP contribution in [0.25, 0.3) is 0 Å². The number of rotatable bonds is 6. The van der Waals surface area contributed by atoms with Crippen LogP contribution in [0.5, 0.6) is 0 Å². The molecule has 108 valence electrons. The Morgan fingerprint density at radius 3 is 2.79 bits per heavy atom. The van der Waals surface area contributed by atoms with Gasteiger partial charge >= 0.3 is 0 Å². The Balaban J connectivity index is 1.55. The van der Waals surface area contributed by atoms with Crippen LogP contribution < -0.4 is 0 Å². The molecule has 1 saturated heterocycles. The first-order valence-electron chi connectivity index (χ1n) is 7.54. The summed E-state index contributed by atoms with van der Waals surface area (Å²) in [4.78, 5) is 2.41. The summed E-state index contributed by atoms with van der Waals surface area (Å²) in [7, 11) is 0. The van der Waals surface area contributed by atoms with Crippen LogP contribution in [0.2, 0.25) is 0 Å². The SMILES string of the molecule is Cc1cnn(CCCCCN2CCC(C)C(O)C2)c1. The summed E-state index contributed by atoms with van der Waals surface area (Å²) in [6.45, 7) is 8.38. The summed E-state index contributed by atoms with van der Waals surface area (Å²) in [6.07, 6.45) is 8.67. The molecule has 1 aromatic rings. The van der Waals surface area contributed by atoms with Crippen molar-refractivity contribution < 1.29 is 5.11 Å². The van der Waals surface area contributed by atoms with E-state index in [9.17, 15) is 5.11 Å². The van der Waals surface area contributed by atoms with Crippen molar-refractivity contribution in [3.05, 3.63) is 18.0 Å². The maximum Gasteiger partial charge on any atom is 0.0693 e. The molecule has 2 rings (SSSR count). The number of aliphatic hydroxyl groups is 1. The fourth-order valence-electron chi connectivity index (χ4n) is 2.69. The van der Waals surface area contributed by atoms with E-state index in [0.717, 1.165) is 32.6 Å². The lowest BCUT2D eigenvalue weighted by atomic mass is 9.96. The number of nitrogens with zero attached hydrogens (tertiary/aromatic N) is 3. The monoisotopic (exact) mass is 265 g/mol. The zero-order valence-corrected chi connectivity index (χ0v) is 12.3. The van der Waals surface area contributed by atoms with Crippen LogP contribution in [0.15, 0.2) is 12.4 Å². The molecule has 19 heavy (non-hydrogen) atoms. The number of likely N-dealkylation sites (tertiary alicyclic amines) is 1. The van der Waals surface area contributed by atoms with Crippen LogP contribution in [0.1, 0.15) is 38.2 Å². The molecule has 0 bridgehead atoms. The van der Waals surface area contributed by atoms with E-state index in [1.54, 1.807) is 0 Å². The summed E-state index contributed by atoms with van der Waals surface area (Å²) in [5.74, 6) is 0.472. The molecule has 0 radical (unpaired) electrons. The third kappa shape index (κ3) is 4.62. The highest BCUT2D eigenvalue weighted by Gasteiger charge is 2.23. The number of hydrogen-bond acceptors (Lipinski definition) is 3. The first-order chi connectivity index (χ1) is 9.15. The molecule has 2 heterocycles. The van der Waals surface area contributed by atoms with E-state index in [1.807, 2.05) is 10.9 Å². The molecule has 1 fully saturated rings. The van der Waals surface area contributed by atoms with Gasteiger partial charge in [0.1, 0.15) is 0 Å². The van der Waals surface area contributed by atoms with Crippen LogP contribution in [0.4, 0.5) is 0 Å². The average Bonchev–Trinajstić information content (AvgIpc) is 2.79. The van der Waals surface area contributed by atoms with Crippen molar-refractivity contribution in [3.63, 3.8) is 0 Å². The third-order valence-corrected chi connectivity index (χ3v) is 4.13. The number of β-amino-alcohol motifs (C(OH)–C–C–N with tert-alkyl or cyclic N) is 1. The molecule has 0 saturated carbocycles. The van der Waals surface area contributed by atoms with Crippen molar-refractivity contribution in [2.45, 2.75) is 52.2 Å². The van der Waals surface area contributed by atoms with Crippen LogP contribution in [0.3, 0.4) is 0 Å². The Morgan fingerprint density at radius 1 is 1.32 bits per heavy atom. The van der Waals surface area contributed by atoms with Gasteiger partial charge < -0.3 is 10.0 Å². The van der Waals surface area contributed by atoms with E-state index in [4.69, 9.17) is 0 Å². The van der Waals surface area contributed by atoms with Gasteiger partial charge in [-0.25, -0.2) is 0 Å². The molecule has 1 N–H and O–H groups in total. The molecule has 4 heteroatoms. The summed E-state index contributed by atoms with van der Waals surface area (Å²) in [6, 6.07) is 0. The minimum Gasteiger partial charge on any atom is -0.392 e. The third-order valence-electron chi connectivity index (χ3n) is 4.13. The second kappa shape index (κ2) is 7.06. The van der Waals surface area contributed by atoms with Crippen molar-refractivity contribution in [1.82, 2.24) is 14.7 Å². The molecule has 0 amide bonds. The van der Waals surface area contributed by atoms with Crippen LogP contribution in [-0.2, 0) is 6.54 Å². The molecule has 1 aliphatic rings. The van der Waals surface area contributed by atoms with Crippen molar-refractivity contribution in [1.29, 1.82) is 0 Å². The van der Waals surface area contributed by atoms with Crippen LogP contribution in [0, 0.1) is 12.8 Å². The molecular formula is C15H27N3O. The Bertz CT molecular complexity index is 377. The van der Waals surface area contributed by atoms with Gasteiger partial charge in [-0.1, -0.05) is 13.3 Å². The largest absolute Gasteiger partial charge is 0.392 e. The van der Waals surface area contributed by atoms with Gasteiger partial charge in [-0.3, -0.25) is 4.68 Å². The highest BCUT2D eigenvalue weighted by molar-refractivity contribution is 4.99. The summed E-state index contributed by atoms with van der Waals surface area (Å²) < 4.78 is 2.03. The average molecular weight is 265 g/mol. The second-order valence-corrected chi connectivity index (χ2v) is 5.98. The lowest BCUT2D eigenvalue weighted by Crippen LogP contribution is -2.43. The van der Waals surface area contributed by atoms with Gasteiger partial charge in [0.25, 0.3) is 0 Å². The van der Waals surface area contributed by atoms with Crippen molar-refractivity contribution in [2.24, 2.45) is 5.92 Å². The molecule has 4 nitrogen and oxygen atoms in total. The van der Waals surface area contributed by atoms with Crippen molar-refractivity contribution in [3.8, 4) is 0 Å². The molecule has 2 unspecified atom stereocenters. The van der Waals surface area contributed by atoms with E-state index >= 15 is 0 Å². The van der Waals surface area contributed by atoms with E-state index < -0.39 is 0 Å². The van der Waals surface area contributed by atoms with Crippen molar-refractivity contribution >= 4 is 0 Å².